The van der Waals surface area contributed by atoms with Gasteiger partial charge < -0.3 is 25.4 Å². The smallest absolute Gasteiger partial charge is 0.248 e. The summed E-state index contributed by atoms with van der Waals surface area (Å²) in [6.45, 7) is 0. The molecule has 0 spiro atoms. The lowest BCUT2D eigenvalue weighted by molar-refractivity contribution is -0.111. The summed E-state index contributed by atoms with van der Waals surface area (Å²) in [4.78, 5) is 11.8. The summed E-state index contributed by atoms with van der Waals surface area (Å²) in [7, 11) is 1.44. The van der Waals surface area contributed by atoms with E-state index in [-0.39, 0.29) is 22.9 Å². The molecule has 0 aliphatic carbocycles. The number of hydrogen-bond acceptors (Lipinski definition) is 5. The fraction of sp³-hybridized carbons (Fsp3) is 0.0625. The molecular formula is C16H15NO5. The Balaban J connectivity index is 2.10. The molecular weight excluding hydrogens is 286 g/mol. The van der Waals surface area contributed by atoms with E-state index in [0.29, 0.717) is 11.3 Å². The lowest BCUT2D eigenvalue weighted by Gasteiger charge is -2.07. The van der Waals surface area contributed by atoms with Crippen LogP contribution >= 0.6 is 0 Å². The van der Waals surface area contributed by atoms with Crippen molar-refractivity contribution >= 4 is 17.7 Å². The number of phenols is 3. The average Bonchev–Trinajstić information content (AvgIpc) is 2.49. The molecule has 6 heteroatoms. The molecule has 0 fully saturated rings. The molecule has 0 saturated carbocycles. The summed E-state index contributed by atoms with van der Waals surface area (Å²) in [6, 6.07) is 8.83. The van der Waals surface area contributed by atoms with Crippen LogP contribution in [-0.2, 0) is 4.79 Å². The van der Waals surface area contributed by atoms with E-state index >= 15 is 0 Å². The molecule has 0 bridgehead atoms. The number of nitrogens with one attached hydrogen (secondary N) is 1. The van der Waals surface area contributed by atoms with Gasteiger partial charge in [0.2, 0.25) is 5.91 Å². The second-order valence-corrected chi connectivity index (χ2v) is 4.43. The Morgan fingerprint density at radius 2 is 1.77 bits per heavy atom. The lowest BCUT2D eigenvalue weighted by Crippen LogP contribution is -2.08. The minimum Gasteiger partial charge on any atom is -0.506 e. The maximum absolute atomic E-state index is 11.8. The number of rotatable bonds is 4. The van der Waals surface area contributed by atoms with Crippen molar-refractivity contribution in [2.75, 3.05) is 12.4 Å². The van der Waals surface area contributed by atoms with Gasteiger partial charge in [-0.2, -0.15) is 0 Å². The second kappa shape index (κ2) is 6.53. The number of benzene rings is 2. The Morgan fingerprint density at radius 3 is 2.36 bits per heavy atom. The molecule has 0 aliphatic heterocycles. The summed E-state index contributed by atoms with van der Waals surface area (Å²) in [5.41, 5.74) is 0.532. The molecule has 0 aromatic heterocycles. The van der Waals surface area contributed by atoms with E-state index in [2.05, 4.69) is 5.32 Å². The number of aromatic hydroxyl groups is 3. The molecule has 114 valence electrons. The number of anilines is 1. The Bertz CT molecular complexity index is 704. The number of carbonyl (C=O) groups is 1. The van der Waals surface area contributed by atoms with Crippen LogP contribution in [0.4, 0.5) is 5.69 Å². The second-order valence-electron chi connectivity index (χ2n) is 4.43. The first-order chi connectivity index (χ1) is 10.5. The minimum absolute atomic E-state index is 0.0385. The molecule has 22 heavy (non-hydrogen) atoms. The van der Waals surface area contributed by atoms with Crippen LogP contribution in [0.5, 0.6) is 23.0 Å². The highest BCUT2D eigenvalue weighted by Gasteiger charge is 2.08. The first-order valence-corrected chi connectivity index (χ1v) is 6.38. The number of para-hydroxylation sites is 1. The Labute approximate surface area is 126 Å². The third kappa shape index (κ3) is 3.49. The van der Waals surface area contributed by atoms with Crippen LogP contribution in [0.15, 0.2) is 42.5 Å². The van der Waals surface area contributed by atoms with Gasteiger partial charge in [-0.3, -0.25) is 4.79 Å². The van der Waals surface area contributed by atoms with Gasteiger partial charge in [-0.15, -0.1) is 0 Å². The highest BCUT2D eigenvalue weighted by atomic mass is 16.5. The van der Waals surface area contributed by atoms with Gasteiger partial charge in [0, 0.05) is 6.08 Å². The highest BCUT2D eigenvalue weighted by Crippen LogP contribution is 2.32. The predicted octanol–water partition coefficient (Wildman–Crippen LogP) is 2.46. The monoisotopic (exact) mass is 301 g/mol. The van der Waals surface area contributed by atoms with Crippen LogP contribution in [0, 0.1) is 0 Å². The van der Waals surface area contributed by atoms with Crippen LogP contribution in [-0.4, -0.2) is 28.3 Å². The van der Waals surface area contributed by atoms with Gasteiger partial charge in [-0.25, -0.2) is 0 Å². The van der Waals surface area contributed by atoms with E-state index in [1.165, 1.54) is 43.5 Å². The lowest BCUT2D eigenvalue weighted by atomic mass is 10.2. The zero-order valence-corrected chi connectivity index (χ0v) is 11.8. The first kappa shape index (κ1) is 15.2. The minimum atomic E-state index is -0.535. The van der Waals surface area contributed by atoms with Crippen molar-refractivity contribution in [3.63, 3.8) is 0 Å². The van der Waals surface area contributed by atoms with Crippen molar-refractivity contribution in [2.24, 2.45) is 0 Å². The van der Waals surface area contributed by atoms with Crippen molar-refractivity contribution in [2.45, 2.75) is 0 Å². The molecule has 2 aromatic carbocycles. The van der Waals surface area contributed by atoms with Crippen LogP contribution in [0.2, 0.25) is 0 Å². The fourth-order valence-electron chi connectivity index (χ4n) is 1.80. The van der Waals surface area contributed by atoms with Crippen molar-refractivity contribution in [1.29, 1.82) is 0 Å². The van der Waals surface area contributed by atoms with Crippen molar-refractivity contribution in [3.8, 4) is 23.0 Å². The zero-order valence-electron chi connectivity index (χ0n) is 11.8. The summed E-state index contributed by atoms with van der Waals surface area (Å²) in [5, 5.41) is 31.2. The first-order valence-electron chi connectivity index (χ1n) is 6.38. The Kier molecular flexibility index (Phi) is 4.53. The van der Waals surface area contributed by atoms with Gasteiger partial charge in [-0.05, 0) is 35.9 Å². The van der Waals surface area contributed by atoms with Crippen LogP contribution < -0.4 is 10.1 Å². The van der Waals surface area contributed by atoms with E-state index in [1.54, 1.807) is 12.1 Å². The molecule has 2 aromatic rings. The number of phenolic OH excluding ortho intramolecular Hbond substituents is 3. The molecule has 2 rings (SSSR count). The number of ether oxygens (including phenoxy) is 1. The summed E-state index contributed by atoms with van der Waals surface area (Å²) in [6.07, 6.45) is 2.69. The summed E-state index contributed by atoms with van der Waals surface area (Å²) < 4.78 is 4.92. The molecule has 0 heterocycles. The molecule has 4 N–H and O–H groups in total. The third-order valence-electron chi connectivity index (χ3n) is 2.90. The van der Waals surface area contributed by atoms with Gasteiger partial charge in [0.05, 0.1) is 7.11 Å². The standard InChI is InChI=1S/C16H15NO5/c1-22-14-7-5-10(9-13(14)20)6-8-15(21)17-16-11(18)3-2-4-12(16)19/h2-9,18-20H,1H3,(H,17,21)/b8-6+. The average molecular weight is 301 g/mol. The van der Waals surface area contributed by atoms with Crippen molar-refractivity contribution in [3.05, 3.63) is 48.0 Å². The van der Waals surface area contributed by atoms with E-state index in [0.717, 1.165) is 0 Å². The van der Waals surface area contributed by atoms with Gasteiger partial charge >= 0.3 is 0 Å². The van der Waals surface area contributed by atoms with Crippen molar-refractivity contribution < 1.29 is 24.9 Å². The van der Waals surface area contributed by atoms with Crippen molar-refractivity contribution in [1.82, 2.24) is 0 Å². The van der Waals surface area contributed by atoms with E-state index in [4.69, 9.17) is 4.74 Å². The number of hydrogen-bond donors (Lipinski definition) is 4. The van der Waals surface area contributed by atoms with Gasteiger partial charge in [0.1, 0.15) is 17.2 Å². The Morgan fingerprint density at radius 1 is 1.09 bits per heavy atom. The van der Waals surface area contributed by atoms with Crippen LogP contribution in [0.3, 0.4) is 0 Å². The molecule has 1 amide bonds. The quantitative estimate of drug-likeness (QED) is 0.513. The Hall–Kier alpha value is -3.15. The maximum atomic E-state index is 11.8. The summed E-state index contributed by atoms with van der Waals surface area (Å²) in [5.74, 6) is -0.705. The normalized spacial score (nSPS) is 10.6. The number of methoxy groups -OCH3 is 1. The van der Waals surface area contributed by atoms with Gasteiger partial charge in [-0.1, -0.05) is 12.1 Å². The van der Waals surface area contributed by atoms with Crippen LogP contribution in [0.25, 0.3) is 6.08 Å². The molecule has 6 nitrogen and oxygen atoms in total. The molecule has 0 radical (unpaired) electrons. The largest absolute Gasteiger partial charge is 0.506 e. The van der Waals surface area contributed by atoms with Gasteiger partial charge in [0.15, 0.2) is 11.5 Å². The molecule has 0 saturated heterocycles. The topological polar surface area (TPSA) is 99.0 Å². The highest BCUT2D eigenvalue weighted by molar-refractivity contribution is 6.03. The number of amides is 1. The van der Waals surface area contributed by atoms with E-state index in [9.17, 15) is 20.1 Å². The third-order valence-corrected chi connectivity index (χ3v) is 2.90. The fourth-order valence-corrected chi connectivity index (χ4v) is 1.80. The number of carbonyl (C=O) groups excluding carboxylic acids is 1. The zero-order chi connectivity index (χ0) is 16.1. The van der Waals surface area contributed by atoms with E-state index in [1.807, 2.05) is 0 Å². The SMILES string of the molecule is COc1ccc(/C=C/C(=O)Nc2c(O)cccc2O)cc1O. The van der Waals surface area contributed by atoms with E-state index < -0.39 is 5.91 Å². The summed E-state index contributed by atoms with van der Waals surface area (Å²) >= 11 is 0. The predicted molar refractivity (Wildman–Crippen MR) is 82.1 cm³/mol. The van der Waals surface area contributed by atoms with Gasteiger partial charge in [0.25, 0.3) is 0 Å². The van der Waals surface area contributed by atoms with Crippen LogP contribution in [0.1, 0.15) is 5.56 Å². The molecule has 0 aliphatic rings. The maximum Gasteiger partial charge on any atom is 0.248 e. The molecule has 0 unspecified atom stereocenters. The molecule has 0 atom stereocenters.